The second-order valence-electron chi connectivity index (χ2n) is 5.03. The molecule has 4 rings (SSSR count). The van der Waals surface area contributed by atoms with Crippen LogP contribution in [-0.4, -0.2) is 5.91 Å². The van der Waals surface area contributed by atoms with Gasteiger partial charge in [-0.1, -0.05) is 48.5 Å². The fourth-order valence-electron chi connectivity index (χ4n) is 2.94. The average molecular weight is 259 g/mol. The first kappa shape index (κ1) is 11.2. The fourth-order valence-corrected chi connectivity index (χ4v) is 2.94. The van der Waals surface area contributed by atoms with E-state index in [9.17, 15) is 4.79 Å². The highest BCUT2D eigenvalue weighted by atomic mass is 16.2. The maximum absolute atomic E-state index is 12.4. The van der Waals surface area contributed by atoms with Crippen molar-refractivity contribution in [2.24, 2.45) is 0 Å². The summed E-state index contributed by atoms with van der Waals surface area (Å²) >= 11 is 0. The maximum Gasteiger partial charge on any atom is 0.236 e. The molecular formula is C18H13NO. The van der Waals surface area contributed by atoms with Gasteiger partial charge in [-0.05, 0) is 34.5 Å². The van der Waals surface area contributed by atoms with Gasteiger partial charge in [0.2, 0.25) is 5.91 Å². The number of anilines is 2. The normalized spacial score (nSPS) is 13.8. The predicted molar refractivity (Wildman–Crippen MR) is 81.2 cm³/mol. The molecule has 0 saturated heterocycles. The van der Waals surface area contributed by atoms with Gasteiger partial charge in [0.25, 0.3) is 0 Å². The highest BCUT2D eigenvalue weighted by molar-refractivity contribution is 6.11. The van der Waals surface area contributed by atoms with Crippen molar-refractivity contribution in [3.63, 3.8) is 0 Å². The lowest BCUT2D eigenvalue weighted by atomic mass is 10.0. The van der Waals surface area contributed by atoms with E-state index in [0.717, 1.165) is 16.9 Å². The lowest BCUT2D eigenvalue weighted by Crippen LogP contribution is -2.20. The molecule has 0 N–H and O–H groups in total. The Hall–Kier alpha value is -2.61. The van der Waals surface area contributed by atoms with E-state index in [1.54, 1.807) is 0 Å². The van der Waals surface area contributed by atoms with Gasteiger partial charge in [-0.15, -0.1) is 0 Å². The van der Waals surface area contributed by atoms with Crippen LogP contribution in [0.3, 0.4) is 0 Å². The molecule has 0 unspecified atom stereocenters. The number of hydrogen-bond acceptors (Lipinski definition) is 1. The van der Waals surface area contributed by atoms with Crippen molar-refractivity contribution in [1.82, 2.24) is 0 Å². The van der Waals surface area contributed by atoms with Crippen LogP contribution in [-0.2, 0) is 11.2 Å². The number of para-hydroxylation sites is 1. The largest absolute Gasteiger partial charge is 0.280 e. The summed E-state index contributed by atoms with van der Waals surface area (Å²) in [6, 6.07) is 22.2. The van der Waals surface area contributed by atoms with Crippen LogP contribution in [0.2, 0.25) is 0 Å². The molecule has 0 bridgehead atoms. The molecule has 0 radical (unpaired) electrons. The average Bonchev–Trinajstić information content (AvgIpc) is 2.84. The van der Waals surface area contributed by atoms with E-state index in [1.807, 2.05) is 47.4 Å². The molecule has 2 heteroatoms. The molecule has 0 aromatic heterocycles. The molecule has 3 aromatic rings. The Morgan fingerprint density at radius 1 is 0.800 bits per heavy atom. The lowest BCUT2D eigenvalue weighted by molar-refractivity contribution is -0.116. The second kappa shape index (κ2) is 4.20. The van der Waals surface area contributed by atoms with Crippen molar-refractivity contribution in [3.8, 4) is 0 Å². The molecular weight excluding hydrogens is 246 g/mol. The molecule has 0 spiro atoms. The summed E-state index contributed by atoms with van der Waals surface area (Å²) in [6.07, 6.45) is 0.478. The van der Waals surface area contributed by atoms with Crippen LogP contribution in [0.1, 0.15) is 5.56 Å². The molecule has 1 heterocycles. The van der Waals surface area contributed by atoms with Gasteiger partial charge < -0.3 is 0 Å². The number of carbonyl (C=O) groups excluding carboxylic acids is 1. The summed E-state index contributed by atoms with van der Waals surface area (Å²) in [5.74, 6) is 0.141. The van der Waals surface area contributed by atoms with Crippen LogP contribution >= 0.6 is 0 Å². The van der Waals surface area contributed by atoms with Crippen molar-refractivity contribution >= 4 is 28.1 Å². The molecule has 96 valence electrons. The summed E-state index contributed by atoms with van der Waals surface area (Å²) < 4.78 is 0. The van der Waals surface area contributed by atoms with Crippen molar-refractivity contribution in [3.05, 3.63) is 72.3 Å². The third-order valence-electron chi connectivity index (χ3n) is 3.85. The van der Waals surface area contributed by atoms with Crippen molar-refractivity contribution in [2.45, 2.75) is 6.42 Å². The Morgan fingerprint density at radius 3 is 2.40 bits per heavy atom. The molecule has 1 amide bonds. The number of carbonyl (C=O) groups is 1. The van der Waals surface area contributed by atoms with E-state index in [2.05, 4.69) is 24.3 Å². The van der Waals surface area contributed by atoms with E-state index in [4.69, 9.17) is 0 Å². The monoisotopic (exact) mass is 259 g/mol. The van der Waals surface area contributed by atoms with Crippen molar-refractivity contribution in [1.29, 1.82) is 0 Å². The van der Waals surface area contributed by atoms with E-state index in [-0.39, 0.29) is 5.91 Å². The molecule has 0 aliphatic carbocycles. The molecule has 0 fully saturated rings. The second-order valence-corrected chi connectivity index (χ2v) is 5.03. The summed E-state index contributed by atoms with van der Waals surface area (Å²) in [6.45, 7) is 0. The summed E-state index contributed by atoms with van der Waals surface area (Å²) in [5.41, 5.74) is 3.09. The predicted octanol–water partition coefficient (Wildman–Crippen LogP) is 4.06. The summed E-state index contributed by atoms with van der Waals surface area (Å²) in [7, 11) is 0. The number of amides is 1. The number of hydrogen-bond donors (Lipinski definition) is 0. The summed E-state index contributed by atoms with van der Waals surface area (Å²) in [5, 5.41) is 2.37. The maximum atomic E-state index is 12.4. The first-order chi connectivity index (χ1) is 9.84. The number of benzene rings is 3. The van der Waals surface area contributed by atoms with Crippen LogP contribution in [0.25, 0.3) is 10.8 Å². The van der Waals surface area contributed by atoms with Gasteiger partial charge in [0.1, 0.15) is 0 Å². The highest BCUT2D eigenvalue weighted by Gasteiger charge is 2.29. The molecule has 3 aromatic carbocycles. The molecule has 0 saturated carbocycles. The lowest BCUT2D eigenvalue weighted by Gasteiger charge is -2.17. The first-order valence-electron chi connectivity index (χ1n) is 6.73. The SMILES string of the molecule is O=C1Cc2c(ccc3ccccc23)N1c1ccccc1. The van der Waals surface area contributed by atoms with Gasteiger partial charge in [0, 0.05) is 5.69 Å². The van der Waals surface area contributed by atoms with E-state index < -0.39 is 0 Å². The zero-order chi connectivity index (χ0) is 13.5. The van der Waals surface area contributed by atoms with Gasteiger partial charge in [-0.2, -0.15) is 0 Å². The van der Waals surface area contributed by atoms with Gasteiger partial charge in [0.15, 0.2) is 0 Å². The number of nitrogens with zero attached hydrogens (tertiary/aromatic N) is 1. The third kappa shape index (κ3) is 1.55. The molecule has 2 nitrogen and oxygen atoms in total. The smallest absolute Gasteiger partial charge is 0.236 e. The van der Waals surface area contributed by atoms with E-state index in [0.29, 0.717) is 6.42 Å². The fraction of sp³-hybridized carbons (Fsp3) is 0.0556. The van der Waals surface area contributed by atoms with Crippen LogP contribution in [0.4, 0.5) is 11.4 Å². The van der Waals surface area contributed by atoms with Crippen LogP contribution < -0.4 is 4.90 Å². The van der Waals surface area contributed by atoms with Crippen LogP contribution in [0.5, 0.6) is 0 Å². The Morgan fingerprint density at radius 2 is 1.55 bits per heavy atom. The zero-order valence-electron chi connectivity index (χ0n) is 10.9. The molecule has 20 heavy (non-hydrogen) atoms. The standard InChI is InChI=1S/C18H13NO/c20-18-12-16-15-9-5-4-6-13(15)10-11-17(16)19(18)14-7-2-1-3-8-14/h1-11H,12H2. The Kier molecular flexibility index (Phi) is 2.36. The minimum absolute atomic E-state index is 0.141. The Bertz CT molecular complexity index is 808. The molecule has 1 aliphatic rings. The quantitative estimate of drug-likeness (QED) is 0.645. The van der Waals surface area contributed by atoms with Crippen LogP contribution in [0, 0.1) is 0 Å². The Labute approximate surface area is 117 Å². The van der Waals surface area contributed by atoms with Crippen LogP contribution in [0.15, 0.2) is 66.7 Å². The van der Waals surface area contributed by atoms with Crippen molar-refractivity contribution < 1.29 is 4.79 Å². The van der Waals surface area contributed by atoms with Gasteiger partial charge in [0.05, 0.1) is 12.1 Å². The summed E-state index contributed by atoms with van der Waals surface area (Å²) in [4.78, 5) is 14.2. The van der Waals surface area contributed by atoms with Gasteiger partial charge in [-0.3, -0.25) is 9.69 Å². The minimum Gasteiger partial charge on any atom is -0.280 e. The highest BCUT2D eigenvalue weighted by Crippen LogP contribution is 2.39. The first-order valence-corrected chi connectivity index (χ1v) is 6.73. The Balaban J connectivity index is 1.96. The number of fused-ring (bicyclic) bond motifs is 3. The molecule has 0 atom stereocenters. The van der Waals surface area contributed by atoms with Crippen molar-refractivity contribution in [2.75, 3.05) is 4.90 Å². The molecule has 1 aliphatic heterocycles. The van der Waals surface area contributed by atoms with Gasteiger partial charge >= 0.3 is 0 Å². The zero-order valence-corrected chi connectivity index (χ0v) is 10.9. The van der Waals surface area contributed by atoms with E-state index >= 15 is 0 Å². The minimum atomic E-state index is 0.141. The topological polar surface area (TPSA) is 20.3 Å². The third-order valence-corrected chi connectivity index (χ3v) is 3.85. The number of rotatable bonds is 1. The van der Waals surface area contributed by atoms with E-state index in [1.165, 1.54) is 10.8 Å². The van der Waals surface area contributed by atoms with Gasteiger partial charge in [-0.25, -0.2) is 0 Å².